The molecule has 0 radical (unpaired) electrons. The summed E-state index contributed by atoms with van der Waals surface area (Å²) in [5.41, 5.74) is 4.18. The van der Waals surface area contributed by atoms with Crippen LogP contribution in [-0.4, -0.2) is 29.2 Å². The van der Waals surface area contributed by atoms with Gasteiger partial charge < -0.3 is 19.5 Å². The van der Waals surface area contributed by atoms with E-state index in [0.29, 0.717) is 6.54 Å². The fraction of sp³-hybridized carbons (Fsp3) is 0.261. The summed E-state index contributed by atoms with van der Waals surface area (Å²) in [4.78, 5) is 15.1. The van der Waals surface area contributed by atoms with Crippen LogP contribution in [-0.2, 0) is 13.0 Å². The number of aromatic nitrogens is 1. The lowest BCUT2D eigenvalue weighted by atomic mass is 10.00. The first-order valence-corrected chi connectivity index (χ1v) is 9.65. The zero-order valence-corrected chi connectivity index (χ0v) is 16.3. The SMILES string of the molecule is CCc1cccc(NC(=O)N2CCn3cccc3C2c2cccc(OC)c2)c1. The van der Waals surface area contributed by atoms with Gasteiger partial charge in [-0.2, -0.15) is 0 Å². The van der Waals surface area contributed by atoms with E-state index in [1.54, 1.807) is 7.11 Å². The van der Waals surface area contributed by atoms with E-state index < -0.39 is 0 Å². The topological polar surface area (TPSA) is 46.5 Å². The van der Waals surface area contributed by atoms with Crippen molar-refractivity contribution >= 4 is 11.7 Å². The molecule has 0 bridgehead atoms. The van der Waals surface area contributed by atoms with E-state index in [1.807, 2.05) is 53.4 Å². The molecule has 1 aliphatic heterocycles. The van der Waals surface area contributed by atoms with Crippen molar-refractivity contribution in [1.29, 1.82) is 0 Å². The van der Waals surface area contributed by atoms with Crippen molar-refractivity contribution in [2.24, 2.45) is 0 Å². The molecule has 1 atom stereocenters. The predicted octanol–water partition coefficient (Wildman–Crippen LogP) is 4.70. The van der Waals surface area contributed by atoms with Crippen molar-refractivity contribution in [3.63, 3.8) is 0 Å². The maximum Gasteiger partial charge on any atom is 0.322 e. The average molecular weight is 375 g/mol. The molecule has 4 rings (SSSR count). The second kappa shape index (κ2) is 7.80. The number of carbonyl (C=O) groups is 1. The number of nitrogens with one attached hydrogen (secondary N) is 1. The van der Waals surface area contributed by atoms with Crippen LogP contribution >= 0.6 is 0 Å². The summed E-state index contributed by atoms with van der Waals surface area (Å²) in [5.74, 6) is 0.789. The molecule has 1 unspecified atom stereocenters. The largest absolute Gasteiger partial charge is 0.497 e. The highest BCUT2D eigenvalue weighted by molar-refractivity contribution is 5.90. The number of nitrogens with zero attached hydrogens (tertiary/aromatic N) is 2. The molecule has 0 saturated heterocycles. The summed E-state index contributed by atoms with van der Waals surface area (Å²) in [5, 5.41) is 3.08. The molecule has 2 amide bonds. The van der Waals surface area contributed by atoms with Gasteiger partial charge in [-0.1, -0.05) is 31.2 Å². The molecular formula is C23H25N3O2. The quantitative estimate of drug-likeness (QED) is 0.719. The Hall–Kier alpha value is -3.21. The Morgan fingerprint density at radius 2 is 1.96 bits per heavy atom. The van der Waals surface area contributed by atoms with Gasteiger partial charge >= 0.3 is 6.03 Å². The monoisotopic (exact) mass is 375 g/mol. The van der Waals surface area contributed by atoms with Gasteiger partial charge in [0.1, 0.15) is 5.75 Å². The van der Waals surface area contributed by atoms with Crippen LogP contribution < -0.4 is 10.1 Å². The number of benzene rings is 2. The Morgan fingerprint density at radius 3 is 2.79 bits per heavy atom. The number of hydrogen-bond acceptors (Lipinski definition) is 2. The van der Waals surface area contributed by atoms with Crippen LogP contribution in [0.4, 0.5) is 10.5 Å². The van der Waals surface area contributed by atoms with E-state index in [-0.39, 0.29) is 12.1 Å². The number of urea groups is 1. The highest BCUT2D eigenvalue weighted by atomic mass is 16.5. The first kappa shape index (κ1) is 18.2. The molecule has 1 N–H and O–H groups in total. The minimum Gasteiger partial charge on any atom is -0.497 e. The Balaban J connectivity index is 1.67. The molecule has 144 valence electrons. The molecule has 1 aliphatic rings. The van der Waals surface area contributed by atoms with Crippen LogP contribution in [0.1, 0.15) is 29.8 Å². The van der Waals surface area contributed by atoms with Gasteiger partial charge in [-0.25, -0.2) is 4.79 Å². The molecule has 0 spiro atoms. The maximum absolute atomic E-state index is 13.2. The lowest BCUT2D eigenvalue weighted by molar-refractivity contribution is 0.181. The molecule has 3 aromatic rings. The van der Waals surface area contributed by atoms with E-state index in [4.69, 9.17) is 4.74 Å². The van der Waals surface area contributed by atoms with Crippen molar-refractivity contribution in [3.8, 4) is 5.75 Å². The normalized spacial score (nSPS) is 15.8. The van der Waals surface area contributed by atoms with Gasteiger partial charge in [0.25, 0.3) is 0 Å². The number of aryl methyl sites for hydroxylation is 1. The first-order chi connectivity index (χ1) is 13.7. The molecule has 2 heterocycles. The summed E-state index contributed by atoms with van der Waals surface area (Å²) >= 11 is 0. The number of carbonyl (C=O) groups excluding carboxylic acids is 1. The third kappa shape index (κ3) is 3.48. The first-order valence-electron chi connectivity index (χ1n) is 9.65. The van der Waals surface area contributed by atoms with Crippen LogP contribution in [0.5, 0.6) is 5.75 Å². The van der Waals surface area contributed by atoms with Crippen molar-refractivity contribution < 1.29 is 9.53 Å². The summed E-state index contributed by atoms with van der Waals surface area (Å²) in [6.07, 6.45) is 3.01. The van der Waals surface area contributed by atoms with Crippen LogP contribution in [0.25, 0.3) is 0 Å². The molecule has 5 heteroatoms. The fourth-order valence-electron chi connectivity index (χ4n) is 3.83. The highest BCUT2D eigenvalue weighted by Crippen LogP contribution is 2.34. The molecular weight excluding hydrogens is 350 g/mol. The molecule has 1 aromatic heterocycles. The Labute approximate surface area is 165 Å². The summed E-state index contributed by atoms with van der Waals surface area (Å²) in [6.45, 7) is 3.53. The minimum atomic E-state index is -0.159. The third-order valence-electron chi connectivity index (χ3n) is 5.30. The van der Waals surface area contributed by atoms with Crippen LogP contribution in [0.15, 0.2) is 66.9 Å². The minimum absolute atomic E-state index is 0.0893. The maximum atomic E-state index is 13.2. The van der Waals surface area contributed by atoms with Crippen LogP contribution in [0, 0.1) is 0 Å². The lowest BCUT2D eigenvalue weighted by Crippen LogP contribution is -2.44. The zero-order chi connectivity index (χ0) is 19.5. The molecule has 0 saturated carbocycles. The standard InChI is InChI=1S/C23H25N3O2/c1-3-17-7-4-9-19(15-17)24-23(27)26-14-13-25-12-6-11-21(25)22(26)18-8-5-10-20(16-18)28-2/h4-12,15-16,22H,3,13-14H2,1-2H3,(H,24,27). The fourth-order valence-corrected chi connectivity index (χ4v) is 3.83. The molecule has 5 nitrogen and oxygen atoms in total. The second-order valence-electron chi connectivity index (χ2n) is 6.98. The van der Waals surface area contributed by atoms with Gasteiger partial charge in [-0.15, -0.1) is 0 Å². The highest BCUT2D eigenvalue weighted by Gasteiger charge is 2.32. The van der Waals surface area contributed by atoms with Gasteiger partial charge in [0.2, 0.25) is 0 Å². The van der Waals surface area contributed by atoms with Gasteiger partial charge in [0.15, 0.2) is 0 Å². The number of ether oxygens (including phenoxy) is 1. The second-order valence-corrected chi connectivity index (χ2v) is 6.98. The third-order valence-corrected chi connectivity index (χ3v) is 5.30. The number of methoxy groups -OCH3 is 1. The van der Waals surface area contributed by atoms with Crippen molar-refractivity contribution in [1.82, 2.24) is 9.47 Å². The predicted molar refractivity (Wildman–Crippen MR) is 111 cm³/mol. The van der Waals surface area contributed by atoms with Crippen molar-refractivity contribution in [2.75, 3.05) is 19.0 Å². The molecule has 2 aromatic carbocycles. The van der Waals surface area contributed by atoms with Crippen LogP contribution in [0.3, 0.4) is 0 Å². The Morgan fingerprint density at radius 1 is 1.11 bits per heavy atom. The van der Waals surface area contributed by atoms with E-state index in [2.05, 4.69) is 35.1 Å². The van der Waals surface area contributed by atoms with E-state index in [0.717, 1.165) is 35.7 Å². The molecule has 28 heavy (non-hydrogen) atoms. The molecule has 0 fully saturated rings. The van der Waals surface area contributed by atoms with E-state index in [1.165, 1.54) is 5.56 Å². The number of hydrogen-bond donors (Lipinski definition) is 1. The van der Waals surface area contributed by atoms with Crippen molar-refractivity contribution in [3.05, 3.63) is 83.7 Å². The van der Waals surface area contributed by atoms with E-state index in [9.17, 15) is 4.79 Å². The number of fused-ring (bicyclic) bond motifs is 1. The summed E-state index contributed by atoms with van der Waals surface area (Å²) in [6, 6.07) is 19.8. The van der Waals surface area contributed by atoms with Crippen LogP contribution in [0.2, 0.25) is 0 Å². The van der Waals surface area contributed by atoms with Gasteiger partial charge in [-0.05, 0) is 53.9 Å². The van der Waals surface area contributed by atoms with Gasteiger partial charge in [-0.3, -0.25) is 0 Å². The average Bonchev–Trinajstić information content (AvgIpc) is 3.22. The molecule has 0 aliphatic carbocycles. The lowest BCUT2D eigenvalue weighted by Gasteiger charge is -2.37. The summed E-state index contributed by atoms with van der Waals surface area (Å²) in [7, 11) is 1.66. The Bertz CT molecular complexity index is 979. The van der Waals surface area contributed by atoms with Gasteiger partial charge in [0, 0.05) is 30.7 Å². The van der Waals surface area contributed by atoms with Gasteiger partial charge in [0.05, 0.1) is 13.2 Å². The smallest absolute Gasteiger partial charge is 0.322 e. The zero-order valence-electron chi connectivity index (χ0n) is 16.3. The van der Waals surface area contributed by atoms with Crippen molar-refractivity contribution in [2.45, 2.75) is 25.9 Å². The Kier molecular flexibility index (Phi) is 5.06. The summed E-state index contributed by atoms with van der Waals surface area (Å²) < 4.78 is 7.62. The number of anilines is 1. The number of rotatable bonds is 4. The number of amides is 2. The van der Waals surface area contributed by atoms with E-state index >= 15 is 0 Å².